The van der Waals surface area contributed by atoms with Crippen LogP contribution in [0, 0.1) is 12.7 Å². The number of nitrogen functional groups attached to an aromatic ring is 1. The fourth-order valence-electron chi connectivity index (χ4n) is 1.97. The highest BCUT2D eigenvalue weighted by Gasteiger charge is 2.15. The maximum absolute atomic E-state index is 13.3. The van der Waals surface area contributed by atoms with Gasteiger partial charge in [-0.1, -0.05) is 11.2 Å². The van der Waals surface area contributed by atoms with Gasteiger partial charge in [-0.3, -0.25) is 0 Å². The van der Waals surface area contributed by atoms with Crippen molar-refractivity contribution in [1.29, 1.82) is 0 Å². The number of aromatic hydroxyl groups is 1. The fraction of sp³-hybridized carbons (Fsp3) is 0.0667. The van der Waals surface area contributed by atoms with Gasteiger partial charge in [-0.25, -0.2) is 4.39 Å². The second-order valence-corrected chi connectivity index (χ2v) is 4.63. The van der Waals surface area contributed by atoms with Crippen molar-refractivity contribution in [2.75, 3.05) is 5.73 Å². The molecule has 0 radical (unpaired) electrons. The number of anilines is 1. The van der Waals surface area contributed by atoms with Gasteiger partial charge in [0.15, 0.2) is 5.75 Å². The minimum Gasteiger partial charge on any atom is -0.505 e. The molecule has 1 heterocycles. The van der Waals surface area contributed by atoms with E-state index in [9.17, 15) is 9.50 Å². The van der Waals surface area contributed by atoms with Crippen LogP contribution in [0.15, 0.2) is 40.9 Å². The lowest BCUT2D eigenvalue weighted by molar-refractivity contribution is 0.426. The zero-order chi connectivity index (χ0) is 15.0. The maximum atomic E-state index is 13.3. The lowest BCUT2D eigenvalue weighted by atomic mass is 10.1. The molecule has 0 aliphatic carbocycles. The van der Waals surface area contributed by atoms with Crippen molar-refractivity contribution < 1.29 is 14.0 Å². The van der Waals surface area contributed by atoms with Crippen molar-refractivity contribution in [2.45, 2.75) is 6.92 Å². The molecule has 2 aromatic carbocycles. The lowest BCUT2D eigenvalue weighted by Crippen LogP contribution is -1.88. The number of para-hydroxylation sites is 1. The summed E-state index contributed by atoms with van der Waals surface area (Å²) in [5, 5.41) is 13.8. The van der Waals surface area contributed by atoms with Gasteiger partial charge < -0.3 is 15.4 Å². The van der Waals surface area contributed by atoms with E-state index in [4.69, 9.17) is 10.3 Å². The second kappa shape index (κ2) is 4.90. The Bertz CT molecular complexity index is 814. The predicted octanol–water partition coefficient (Wildman–Crippen LogP) is 3.14. The quantitative estimate of drug-likeness (QED) is 0.558. The number of nitrogens with zero attached hydrogens (tertiary/aromatic N) is 2. The Morgan fingerprint density at radius 2 is 2.05 bits per heavy atom. The van der Waals surface area contributed by atoms with E-state index in [1.807, 2.05) is 0 Å². The molecule has 0 saturated heterocycles. The average molecular weight is 285 g/mol. The van der Waals surface area contributed by atoms with Gasteiger partial charge in [0.1, 0.15) is 5.82 Å². The van der Waals surface area contributed by atoms with Crippen LogP contribution in [-0.4, -0.2) is 15.2 Å². The van der Waals surface area contributed by atoms with Gasteiger partial charge in [0, 0.05) is 5.56 Å². The minimum absolute atomic E-state index is 0.108. The molecular weight excluding hydrogens is 273 g/mol. The van der Waals surface area contributed by atoms with E-state index in [1.165, 1.54) is 6.07 Å². The number of aryl methyl sites for hydroxylation is 1. The highest BCUT2D eigenvalue weighted by Crippen LogP contribution is 2.33. The Morgan fingerprint density at radius 3 is 2.81 bits per heavy atom. The summed E-state index contributed by atoms with van der Waals surface area (Å²) in [7, 11) is 0. The minimum atomic E-state index is -0.295. The van der Waals surface area contributed by atoms with Crippen molar-refractivity contribution in [2.24, 2.45) is 0 Å². The number of phenolic OH excluding ortho intramolecular Hbond substituents is 1. The van der Waals surface area contributed by atoms with E-state index in [1.54, 1.807) is 37.3 Å². The zero-order valence-corrected chi connectivity index (χ0v) is 11.2. The number of hydrogen-bond donors (Lipinski definition) is 2. The Morgan fingerprint density at radius 1 is 1.24 bits per heavy atom. The standard InChI is InChI=1S/C15H12FN3O2/c1-8-7-9(5-6-11(8)16)14-18-15(21-19-14)10-3-2-4-12(17)13(10)20/h2-7,20H,17H2,1H3. The van der Waals surface area contributed by atoms with E-state index < -0.39 is 0 Å². The number of phenols is 1. The molecule has 6 heteroatoms. The first kappa shape index (κ1) is 13.1. The van der Waals surface area contributed by atoms with E-state index in [0.29, 0.717) is 22.5 Å². The van der Waals surface area contributed by atoms with Gasteiger partial charge in [0.05, 0.1) is 11.3 Å². The first-order valence-electron chi connectivity index (χ1n) is 6.24. The number of benzene rings is 2. The zero-order valence-electron chi connectivity index (χ0n) is 11.2. The van der Waals surface area contributed by atoms with Crippen molar-refractivity contribution >= 4 is 5.69 Å². The summed E-state index contributed by atoms with van der Waals surface area (Å²) in [4.78, 5) is 4.21. The van der Waals surface area contributed by atoms with E-state index in [-0.39, 0.29) is 23.1 Å². The number of aromatic nitrogens is 2. The molecule has 0 atom stereocenters. The van der Waals surface area contributed by atoms with Gasteiger partial charge in [-0.2, -0.15) is 4.98 Å². The van der Waals surface area contributed by atoms with Crippen molar-refractivity contribution in [3.8, 4) is 28.6 Å². The van der Waals surface area contributed by atoms with Crippen LogP contribution in [0.2, 0.25) is 0 Å². The molecule has 0 aliphatic heterocycles. The summed E-state index contributed by atoms with van der Waals surface area (Å²) < 4.78 is 18.4. The summed E-state index contributed by atoms with van der Waals surface area (Å²) in [6.45, 7) is 1.66. The average Bonchev–Trinajstić information content (AvgIpc) is 2.94. The molecule has 0 amide bonds. The predicted molar refractivity (Wildman–Crippen MR) is 75.9 cm³/mol. The van der Waals surface area contributed by atoms with Crippen LogP contribution in [0.1, 0.15) is 5.56 Å². The molecule has 0 spiro atoms. The molecule has 0 fully saturated rings. The van der Waals surface area contributed by atoms with Crippen LogP contribution in [0.3, 0.4) is 0 Å². The van der Waals surface area contributed by atoms with Gasteiger partial charge in [0.2, 0.25) is 5.82 Å². The number of rotatable bonds is 2. The first-order valence-corrected chi connectivity index (χ1v) is 6.24. The summed E-state index contributed by atoms with van der Waals surface area (Å²) in [6.07, 6.45) is 0. The topological polar surface area (TPSA) is 85.2 Å². The first-order chi connectivity index (χ1) is 10.1. The smallest absolute Gasteiger partial charge is 0.262 e. The Kier molecular flexibility index (Phi) is 3.06. The normalized spacial score (nSPS) is 10.8. The third-order valence-electron chi connectivity index (χ3n) is 3.14. The Hall–Kier alpha value is -2.89. The number of nitrogens with two attached hydrogens (primary N) is 1. The van der Waals surface area contributed by atoms with E-state index >= 15 is 0 Å². The molecule has 3 aromatic rings. The number of hydrogen-bond acceptors (Lipinski definition) is 5. The summed E-state index contributed by atoms with van der Waals surface area (Å²) in [6, 6.07) is 9.41. The van der Waals surface area contributed by atoms with Gasteiger partial charge >= 0.3 is 0 Å². The van der Waals surface area contributed by atoms with Gasteiger partial charge in [-0.15, -0.1) is 0 Å². The van der Waals surface area contributed by atoms with Crippen molar-refractivity contribution in [3.05, 3.63) is 47.8 Å². The molecule has 0 saturated carbocycles. The molecular formula is C15H12FN3O2. The fourth-order valence-corrected chi connectivity index (χ4v) is 1.97. The molecule has 0 bridgehead atoms. The van der Waals surface area contributed by atoms with Crippen LogP contribution >= 0.6 is 0 Å². The molecule has 0 aliphatic rings. The molecule has 5 nitrogen and oxygen atoms in total. The van der Waals surface area contributed by atoms with E-state index in [2.05, 4.69) is 10.1 Å². The summed E-state index contributed by atoms with van der Waals surface area (Å²) in [5.41, 5.74) is 7.33. The third kappa shape index (κ3) is 2.31. The maximum Gasteiger partial charge on any atom is 0.262 e. The van der Waals surface area contributed by atoms with Crippen LogP contribution in [-0.2, 0) is 0 Å². The SMILES string of the molecule is Cc1cc(-c2noc(-c3cccc(N)c3O)n2)ccc1F. The molecule has 1 aromatic heterocycles. The van der Waals surface area contributed by atoms with Gasteiger partial charge in [0.25, 0.3) is 5.89 Å². The van der Waals surface area contributed by atoms with E-state index in [0.717, 1.165) is 0 Å². The van der Waals surface area contributed by atoms with Crippen molar-refractivity contribution in [1.82, 2.24) is 10.1 Å². The lowest BCUT2D eigenvalue weighted by Gasteiger charge is -2.01. The highest BCUT2D eigenvalue weighted by molar-refractivity contribution is 5.72. The molecule has 21 heavy (non-hydrogen) atoms. The Labute approximate surface area is 119 Å². The van der Waals surface area contributed by atoms with Gasteiger partial charge in [-0.05, 0) is 42.8 Å². The number of halogens is 1. The van der Waals surface area contributed by atoms with Crippen LogP contribution in [0.5, 0.6) is 5.75 Å². The molecule has 3 N–H and O–H groups in total. The molecule has 0 unspecified atom stereocenters. The van der Waals surface area contributed by atoms with Crippen LogP contribution < -0.4 is 5.73 Å². The molecule has 3 rings (SSSR count). The molecule has 106 valence electrons. The monoisotopic (exact) mass is 285 g/mol. The van der Waals surface area contributed by atoms with Crippen molar-refractivity contribution in [3.63, 3.8) is 0 Å². The summed E-state index contributed by atoms with van der Waals surface area (Å²) in [5.74, 6) is 0.0608. The van der Waals surface area contributed by atoms with Crippen LogP contribution in [0.4, 0.5) is 10.1 Å². The highest BCUT2D eigenvalue weighted by atomic mass is 19.1. The Balaban J connectivity index is 2.03. The summed E-state index contributed by atoms with van der Waals surface area (Å²) >= 11 is 0. The van der Waals surface area contributed by atoms with Crippen LogP contribution in [0.25, 0.3) is 22.8 Å². The second-order valence-electron chi connectivity index (χ2n) is 4.63. The third-order valence-corrected chi connectivity index (χ3v) is 3.14. The largest absolute Gasteiger partial charge is 0.505 e.